The Labute approximate surface area is 311 Å². The Bertz CT molecular complexity index is 1960. The number of aromatic amines is 1. The zero-order chi connectivity index (χ0) is 38.9. The number of nitrogens with one attached hydrogen (secondary N) is 6. The Morgan fingerprint density at radius 1 is 0.796 bits per heavy atom. The summed E-state index contributed by atoms with van der Waals surface area (Å²) in [5, 5.41) is 13.9. The van der Waals surface area contributed by atoms with Gasteiger partial charge in [-0.1, -0.05) is 0 Å². The third-order valence-electron chi connectivity index (χ3n) is 8.19. The lowest BCUT2D eigenvalue weighted by Gasteiger charge is -2.24. The van der Waals surface area contributed by atoms with Crippen molar-refractivity contribution in [3.05, 3.63) is 86.5 Å². The van der Waals surface area contributed by atoms with Gasteiger partial charge in [0.2, 0.25) is 23.6 Å². The SMILES string of the molecule is CC1=CN(CCC(=O)NCCCCC(=O)Nc2ccc(/C=N/c3ccc(NC(=O)CCCCNC(=O)CCn4cc(C)c(=O)[nH]c4=O)cc3)o2)C(=O)NC1. The van der Waals surface area contributed by atoms with Crippen LogP contribution in [0.5, 0.6) is 0 Å². The highest BCUT2D eigenvalue weighted by Crippen LogP contribution is 2.18. The fraction of sp³-hybridized carbons (Fsp3) is 0.405. The number of hydrogen-bond donors (Lipinski definition) is 6. The number of aliphatic imine (C=N–C) groups is 1. The van der Waals surface area contributed by atoms with Gasteiger partial charge in [-0.3, -0.25) is 43.8 Å². The molecular weight excluding hydrogens is 698 g/mol. The number of anilines is 2. The molecule has 0 unspecified atom stereocenters. The summed E-state index contributed by atoms with van der Waals surface area (Å²) in [6.07, 6.45) is 7.87. The first-order chi connectivity index (χ1) is 25.9. The maximum Gasteiger partial charge on any atom is 0.328 e. The lowest BCUT2D eigenvalue weighted by Crippen LogP contribution is -2.43. The predicted octanol–water partition coefficient (Wildman–Crippen LogP) is 3.05. The van der Waals surface area contributed by atoms with Crippen LogP contribution in [0.3, 0.4) is 0 Å². The van der Waals surface area contributed by atoms with Crippen molar-refractivity contribution < 1.29 is 28.4 Å². The van der Waals surface area contributed by atoms with Crippen molar-refractivity contribution in [1.29, 1.82) is 0 Å². The van der Waals surface area contributed by atoms with Gasteiger partial charge in [-0.2, -0.15) is 0 Å². The fourth-order valence-electron chi connectivity index (χ4n) is 5.22. The Hall–Kier alpha value is -6.26. The number of urea groups is 1. The van der Waals surface area contributed by atoms with E-state index >= 15 is 0 Å². The number of carbonyl (C=O) groups excluding carboxylic acids is 5. The van der Waals surface area contributed by atoms with Crippen molar-refractivity contribution in [2.45, 2.75) is 71.8 Å². The third-order valence-corrected chi connectivity index (χ3v) is 8.19. The summed E-state index contributed by atoms with van der Waals surface area (Å²) < 4.78 is 6.92. The average Bonchev–Trinajstić information content (AvgIpc) is 3.59. The molecule has 2 aromatic heterocycles. The van der Waals surface area contributed by atoms with Crippen LogP contribution in [-0.4, -0.2) is 76.5 Å². The Kier molecular flexibility index (Phi) is 15.5. The van der Waals surface area contributed by atoms with E-state index < -0.39 is 11.2 Å². The minimum absolute atomic E-state index is 0.0857. The van der Waals surface area contributed by atoms with Crippen molar-refractivity contribution in [3.8, 4) is 0 Å². The molecule has 1 aromatic carbocycles. The Balaban J connectivity index is 1.04. The van der Waals surface area contributed by atoms with E-state index in [1.165, 1.54) is 21.9 Å². The van der Waals surface area contributed by atoms with E-state index in [4.69, 9.17) is 4.42 Å². The average molecular weight is 746 g/mol. The van der Waals surface area contributed by atoms with Crippen LogP contribution < -0.4 is 37.8 Å². The zero-order valence-electron chi connectivity index (χ0n) is 30.5. The number of aryl methyl sites for hydroxylation is 2. The quantitative estimate of drug-likeness (QED) is 0.0742. The van der Waals surface area contributed by atoms with Crippen LogP contribution >= 0.6 is 0 Å². The number of benzene rings is 1. The molecule has 0 saturated heterocycles. The number of amides is 6. The molecular formula is C37H47N9O8. The molecule has 0 aliphatic carbocycles. The van der Waals surface area contributed by atoms with Crippen LogP contribution in [0.1, 0.15) is 69.6 Å². The third kappa shape index (κ3) is 14.0. The minimum atomic E-state index is -0.558. The van der Waals surface area contributed by atoms with Gasteiger partial charge in [0.1, 0.15) is 5.76 Å². The summed E-state index contributed by atoms with van der Waals surface area (Å²) >= 11 is 0. The first kappa shape index (κ1) is 40.5. The Morgan fingerprint density at radius 2 is 1.44 bits per heavy atom. The number of aromatic nitrogens is 2. The minimum Gasteiger partial charge on any atom is -0.439 e. The Morgan fingerprint density at radius 3 is 2.13 bits per heavy atom. The van der Waals surface area contributed by atoms with Crippen LogP contribution in [0.15, 0.2) is 73.4 Å². The highest BCUT2D eigenvalue weighted by atomic mass is 16.4. The predicted molar refractivity (Wildman–Crippen MR) is 203 cm³/mol. The highest BCUT2D eigenvalue weighted by Gasteiger charge is 2.17. The summed E-state index contributed by atoms with van der Waals surface area (Å²) in [6.45, 7) is 5.28. The van der Waals surface area contributed by atoms with Gasteiger partial charge in [-0.15, -0.1) is 0 Å². The summed E-state index contributed by atoms with van der Waals surface area (Å²) in [5.41, 5.74) is 1.64. The normalized spacial score (nSPS) is 12.6. The first-order valence-corrected chi connectivity index (χ1v) is 17.8. The van der Waals surface area contributed by atoms with Gasteiger partial charge in [0.15, 0.2) is 5.88 Å². The van der Waals surface area contributed by atoms with Gasteiger partial charge in [-0.25, -0.2) is 9.59 Å². The highest BCUT2D eigenvalue weighted by molar-refractivity contribution is 5.91. The van der Waals surface area contributed by atoms with E-state index in [1.807, 2.05) is 6.92 Å². The second-order valence-electron chi connectivity index (χ2n) is 12.8. The van der Waals surface area contributed by atoms with Crippen LogP contribution in [0.4, 0.5) is 22.1 Å². The second kappa shape index (κ2) is 20.7. The van der Waals surface area contributed by atoms with E-state index in [0.29, 0.717) is 74.6 Å². The van der Waals surface area contributed by atoms with E-state index in [1.54, 1.807) is 49.5 Å². The van der Waals surface area contributed by atoms with Crippen molar-refractivity contribution in [1.82, 2.24) is 30.4 Å². The van der Waals surface area contributed by atoms with Gasteiger partial charge in [-0.05, 0) is 75.4 Å². The molecule has 4 rings (SSSR count). The van der Waals surface area contributed by atoms with Crippen molar-refractivity contribution in [2.24, 2.45) is 4.99 Å². The maximum atomic E-state index is 12.4. The van der Waals surface area contributed by atoms with E-state index in [-0.39, 0.29) is 67.8 Å². The van der Waals surface area contributed by atoms with Gasteiger partial charge >= 0.3 is 11.7 Å². The first-order valence-electron chi connectivity index (χ1n) is 17.8. The van der Waals surface area contributed by atoms with Crippen LogP contribution in [0, 0.1) is 6.92 Å². The largest absolute Gasteiger partial charge is 0.439 e. The number of H-pyrrole nitrogens is 1. The molecule has 0 radical (unpaired) electrons. The van der Waals surface area contributed by atoms with Gasteiger partial charge < -0.3 is 30.6 Å². The molecule has 288 valence electrons. The van der Waals surface area contributed by atoms with E-state index in [0.717, 1.165) is 5.57 Å². The molecule has 3 aromatic rings. The van der Waals surface area contributed by atoms with Crippen LogP contribution in [-0.2, 0) is 25.7 Å². The topological polar surface area (TPSA) is 229 Å². The number of hydrogen-bond acceptors (Lipinski definition) is 9. The molecule has 0 saturated carbocycles. The molecule has 17 nitrogen and oxygen atoms in total. The maximum absolute atomic E-state index is 12.4. The lowest BCUT2D eigenvalue weighted by atomic mass is 10.2. The van der Waals surface area contributed by atoms with Crippen LogP contribution in [0.2, 0.25) is 0 Å². The molecule has 0 fully saturated rings. The van der Waals surface area contributed by atoms with Gasteiger partial charge in [0.05, 0.1) is 11.9 Å². The summed E-state index contributed by atoms with van der Waals surface area (Å²) in [4.78, 5) is 92.1. The van der Waals surface area contributed by atoms with Gasteiger partial charge in [0.25, 0.3) is 5.56 Å². The number of nitrogens with zero attached hydrogens (tertiary/aromatic N) is 3. The molecule has 0 bridgehead atoms. The number of furan rings is 1. The molecule has 0 atom stereocenters. The second-order valence-corrected chi connectivity index (χ2v) is 12.8. The summed E-state index contributed by atoms with van der Waals surface area (Å²) in [6, 6.07) is 10.0. The zero-order valence-corrected chi connectivity index (χ0v) is 30.5. The van der Waals surface area contributed by atoms with Crippen molar-refractivity contribution in [2.75, 3.05) is 36.8 Å². The molecule has 0 spiro atoms. The summed E-state index contributed by atoms with van der Waals surface area (Å²) in [7, 11) is 0. The number of carbonyl (C=O) groups is 5. The molecule has 54 heavy (non-hydrogen) atoms. The molecule has 17 heteroatoms. The monoisotopic (exact) mass is 745 g/mol. The molecule has 1 aliphatic heterocycles. The summed E-state index contributed by atoms with van der Waals surface area (Å²) in [5.74, 6) is -0.0340. The molecule has 6 N–H and O–H groups in total. The fourth-order valence-corrected chi connectivity index (χ4v) is 5.22. The van der Waals surface area contributed by atoms with E-state index in [9.17, 15) is 33.6 Å². The smallest absolute Gasteiger partial charge is 0.328 e. The van der Waals surface area contributed by atoms with Gasteiger partial charge in [0, 0.05) is 88.1 Å². The van der Waals surface area contributed by atoms with Crippen LogP contribution in [0.25, 0.3) is 0 Å². The van der Waals surface area contributed by atoms with Crippen molar-refractivity contribution in [3.63, 3.8) is 0 Å². The molecule has 6 amide bonds. The number of rotatable bonds is 20. The molecule has 1 aliphatic rings. The van der Waals surface area contributed by atoms with E-state index in [2.05, 4.69) is 36.6 Å². The number of unbranched alkanes of at least 4 members (excludes halogenated alkanes) is 2. The molecule has 3 heterocycles. The lowest BCUT2D eigenvalue weighted by molar-refractivity contribution is -0.122. The standard InChI is InChI=1S/C37H47N9O8/c1-25-21-41-36(52)45(23-25)19-15-30(47)38-18-6-4-8-33(50)43-34-14-13-29(54-34)22-40-27-9-11-28(12-10-27)42-32(49)7-3-5-17-39-31(48)16-20-46-24-26(2)35(51)44-37(46)53/h9-14,22-24H,3-8,15-21H2,1-2H3,(H,38,47)(H,39,48)(H,41,52)(H,42,49)(H,43,50)(H,44,51,53)/b40-22+. The van der Waals surface area contributed by atoms with Crippen molar-refractivity contribution >= 4 is 53.1 Å².